The third-order valence-electron chi connectivity index (χ3n) is 5.90. The third-order valence-corrected chi connectivity index (χ3v) is 5.90. The van der Waals surface area contributed by atoms with Gasteiger partial charge in [-0.2, -0.15) is 0 Å². The molecule has 142 valence electrons. The highest BCUT2D eigenvalue weighted by atomic mass is 16.5. The minimum atomic E-state index is -0.777. The first-order valence-electron chi connectivity index (χ1n) is 10.2. The number of rotatable bonds is 2. The molecule has 0 bridgehead atoms. The van der Waals surface area contributed by atoms with Crippen LogP contribution in [0.5, 0.6) is 5.75 Å². The van der Waals surface area contributed by atoms with Crippen LogP contribution < -0.4 is 4.74 Å². The van der Waals surface area contributed by atoms with E-state index < -0.39 is 5.60 Å². The molecular weight excluding hydrogens is 366 g/mol. The van der Waals surface area contributed by atoms with Crippen molar-refractivity contribution in [3.8, 4) is 5.75 Å². The van der Waals surface area contributed by atoms with Gasteiger partial charge in [0.15, 0.2) is 11.4 Å². The first-order valence-corrected chi connectivity index (χ1v) is 10.2. The van der Waals surface area contributed by atoms with E-state index in [9.17, 15) is 0 Å². The summed E-state index contributed by atoms with van der Waals surface area (Å²) in [6, 6.07) is 37.5. The molecule has 0 amide bonds. The fourth-order valence-electron chi connectivity index (χ4n) is 4.47. The second-order valence-electron chi connectivity index (χ2n) is 7.60. The Labute approximate surface area is 175 Å². The minimum Gasteiger partial charge on any atom is -0.469 e. The number of hydrogen-bond acceptors (Lipinski definition) is 2. The highest BCUT2D eigenvalue weighted by Gasteiger charge is 2.39. The van der Waals surface area contributed by atoms with Crippen LogP contribution >= 0.6 is 0 Å². The molecule has 0 unspecified atom stereocenters. The molecule has 2 heteroatoms. The maximum atomic E-state index is 6.96. The molecule has 5 aromatic rings. The maximum absolute atomic E-state index is 6.96. The molecule has 30 heavy (non-hydrogen) atoms. The molecule has 0 spiro atoms. The van der Waals surface area contributed by atoms with Gasteiger partial charge in [-0.3, -0.25) is 4.99 Å². The Hall–Kier alpha value is -3.91. The Kier molecular flexibility index (Phi) is 3.72. The third kappa shape index (κ3) is 2.40. The molecule has 1 heterocycles. The summed E-state index contributed by atoms with van der Waals surface area (Å²) in [5.41, 5.74) is 2.23. The molecule has 0 aromatic heterocycles. The van der Waals surface area contributed by atoms with Crippen LogP contribution in [0.25, 0.3) is 21.5 Å². The maximum Gasteiger partial charge on any atom is 0.194 e. The summed E-state index contributed by atoms with van der Waals surface area (Å²) in [6.45, 7) is 0. The van der Waals surface area contributed by atoms with Gasteiger partial charge in [0, 0.05) is 21.9 Å². The van der Waals surface area contributed by atoms with E-state index in [1.165, 1.54) is 10.8 Å². The van der Waals surface area contributed by atoms with Crippen molar-refractivity contribution in [2.24, 2.45) is 4.99 Å². The molecule has 1 aliphatic heterocycles. The number of ether oxygens (including phenoxy) is 1. The molecule has 6 rings (SSSR count). The summed E-state index contributed by atoms with van der Waals surface area (Å²) in [6.07, 6.45) is 1.96. The minimum absolute atomic E-state index is 0.777. The molecule has 1 aliphatic rings. The fraction of sp³-hybridized carbons (Fsp3) is 0.0357. The van der Waals surface area contributed by atoms with Crippen LogP contribution in [0, 0.1) is 0 Å². The number of fused-ring (bicyclic) bond motifs is 6. The Morgan fingerprint density at radius 2 is 0.967 bits per heavy atom. The largest absolute Gasteiger partial charge is 0.469 e. The van der Waals surface area contributed by atoms with Crippen LogP contribution in [0.2, 0.25) is 0 Å². The second-order valence-corrected chi connectivity index (χ2v) is 7.60. The van der Waals surface area contributed by atoms with Gasteiger partial charge in [-0.05, 0) is 10.8 Å². The average Bonchev–Trinajstić information content (AvgIpc) is 2.85. The summed E-state index contributed by atoms with van der Waals surface area (Å²) >= 11 is 0. The van der Waals surface area contributed by atoms with Gasteiger partial charge in [-0.1, -0.05) is 109 Å². The van der Waals surface area contributed by atoms with E-state index in [0.717, 1.165) is 33.3 Å². The zero-order valence-corrected chi connectivity index (χ0v) is 16.3. The smallest absolute Gasteiger partial charge is 0.194 e. The molecule has 0 saturated carbocycles. The summed E-state index contributed by atoms with van der Waals surface area (Å²) in [5.74, 6) is 0.833. The van der Waals surface area contributed by atoms with Gasteiger partial charge in [0.2, 0.25) is 0 Å². The molecular formula is C28H19NO. The normalized spacial score (nSPS) is 14.4. The highest BCUT2D eigenvalue weighted by molar-refractivity contribution is 6.17. The Balaban J connectivity index is 1.70. The van der Waals surface area contributed by atoms with Crippen molar-refractivity contribution in [1.82, 2.24) is 0 Å². The monoisotopic (exact) mass is 385 g/mol. The van der Waals surface area contributed by atoms with Gasteiger partial charge < -0.3 is 4.74 Å². The molecule has 2 nitrogen and oxygen atoms in total. The van der Waals surface area contributed by atoms with Crippen molar-refractivity contribution in [2.45, 2.75) is 5.60 Å². The standard InChI is InChI=1S/C28H19NO/c1-3-11-20(12-4-1)28(21-13-5-2-6-14-21)19-29-26-24-17-9-7-15-22(24)23-16-8-10-18-25(23)27(26)30-28/h1-19H. The zero-order valence-electron chi connectivity index (χ0n) is 16.3. The Bertz CT molecular complexity index is 1370. The second kappa shape index (κ2) is 6.57. The van der Waals surface area contributed by atoms with Crippen LogP contribution in [0.15, 0.2) is 114 Å². The fourth-order valence-corrected chi connectivity index (χ4v) is 4.47. The van der Waals surface area contributed by atoms with E-state index >= 15 is 0 Å². The van der Waals surface area contributed by atoms with E-state index in [1.54, 1.807) is 0 Å². The summed E-state index contributed by atoms with van der Waals surface area (Å²) in [5, 5.41) is 4.56. The van der Waals surface area contributed by atoms with Crippen molar-refractivity contribution in [3.63, 3.8) is 0 Å². The molecule has 0 atom stereocenters. The number of hydrogen-bond donors (Lipinski definition) is 0. The molecule has 0 radical (unpaired) electrons. The van der Waals surface area contributed by atoms with Crippen molar-refractivity contribution >= 4 is 33.4 Å². The Morgan fingerprint density at radius 1 is 0.500 bits per heavy atom. The molecule has 5 aromatic carbocycles. The van der Waals surface area contributed by atoms with Gasteiger partial charge in [-0.25, -0.2) is 0 Å². The van der Waals surface area contributed by atoms with Gasteiger partial charge in [-0.15, -0.1) is 0 Å². The molecule has 0 aliphatic carbocycles. The van der Waals surface area contributed by atoms with Gasteiger partial charge >= 0.3 is 0 Å². The summed E-state index contributed by atoms with van der Waals surface area (Å²) in [7, 11) is 0. The lowest BCUT2D eigenvalue weighted by atomic mass is 9.85. The van der Waals surface area contributed by atoms with Gasteiger partial charge in [0.1, 0.15) is 5.69 Å². The van der Waals surface area contributed by atoms with E-state index in [2.05, 4.69) is 72.8 Å². The first-order chi connectivity index (χ1) is 14.9. The SMILES string of the molecule is C1=Nc2c(c3ccccc3c3ccccc23)OC1(c1ccccc1)c1ccccc1. The van der Waals surface area contributed by atoms with Gasteiger partial charge in [0.25, 0.3) is 0 Å². The van der Waals surface area contributed by atoms with Gasteiger partial charge in [0.05, 0.1) is 6.21 Å². The van der Waals surface area contributed by atoms with Crippen LogP contribution in [0.3, 0.4) is 0 Å². The quantitative estimate of drug-likeness (QED) is 0.299. The highest BCUT2D eigenvalue weighted by Crippen LogP contribution is 2.49. The topological polar surface area (TPSA) is 21.6 Å². The predicted octanol–water partition coefficient (Wildman–Crippen LogP) is 7.03. The van der Waals surface area contributed by atoms with Crippen molar-refractivity contribution in [1.29, 1.82) is 0 Å². The predicted molar refractivity (Wildman–Crippen MR) is 124 cm³/mol. The zero-order chi connectivity index (χ0) is 20.0. The lowest BCUT2D eigenvalue weighted by molar-refractivity contribution is 0.190. The van der Waals surface area contributed by atoms with E-state index in [1.807, 2.05) is 42.6 Å². The van der Waals surface area contributed by atoms with Crippen LogP contribution in [-0.2, 0) is 5.60 Å². The first kappa shape index (κ1) is 17.0. The molecule has 0 N–H and O–H groups in total. The van der Waals surface area contributed by atoms with Crippen LogP contribution in [0.4, 0.5) is 5.69 Å². The Morgan fingerprint density at radius 3 is 1.57 bits per heavy atom. The summed E-state index contributed by atoms with van der Waals surface area (Å²) in [4.78, 5) is 5.03. The van der Waals surface area contributed by atoms with Crippen LogP contribution in [-0.4, -0.2) is 6.21 Å². The lowest BCUT2D eigenvalue weighted by Gasteiger charge is -2.36. The van der Waals surface area contributed by atoms with Crippen molar-refractivity contribution in [2.75, 3.05) is 0 Å². The van der Waals surface area contributed by atoms with Crippen LogP contribution in [0.1, 0.15) is 11.1 Å². The van der Waals surface area contributed by atoms with E-state index in [-0.39, 0.29) is 0 Å². The van der Waals surface area contributed by atoms with E-state index in [4.69, 9.17) is 9.73 Å². The lowest BCUT2D eigenvalue weighted by Crippen LogP contribution is -2.38. The number of nitrogens with zero attached hydrogens (tertiary/aromatic N) is 1. The van der Waals surface area contributed by atoms with Crippen molar-refractivity contribution < 1.29 is 4.74 Å². The van der Waals surface area contributed by atoms with E-state index in [0.29, 0.717) is 0 Å². The van der Waals surface area contributed by atoms with Crippen molar-refractivity contribution in [3.05, 3.63) is 120 Å². The molecule has 0 saturated heterocycles. The average molecular weight is 385 g/mol. The molecule has 0 fully saturated rings. The number of aliphatic imine (C=N–C) groups is 1. The summed E-state index contributed by atoms with van der Waals surface area (Å²) < 4.78 is 6.96. The number of benzene rings is 5.